The Labute approximate surface area is 166 Å². The fourth-order valence-electron chi connectivity index (χ4n) is 2.77. The highest BCUT2D eigenvalue weighted by Gasteiger charge is 2.32. The van der Waals surface area contributed by atoms with Gasteiger partial charge in [-0.1, -0.05) is 35.9 Å². The number of hydrogen-bond donors (Lipinski definition) is 1. The van der Waals surface area contributed by atoms with Gasteiger partial charge >= 0.3 is 5.97 Å². The molecular formula is C21H17N3O5. The van der Waals surface area contributed by atoms with Crippen LogP contribution in [0, 0.1) is 6.92 Å². The molecule has 0 atom stereocenters. The van der Waals surface area contributed by atoms with E-state index in [-0.39, 0.29) is 30.6 Å². The highest BCUT2D eigenvalue weighted by atomic mass is 16.5. The standard InChI is InChI=1S/C21H17N3O5/c1-13-6-5-7-14(10-13)19-24-23-17(29-19)12-28-21(26)18-16(25)11-27-20(18)22-15-8-3-2-4-9-15/h2-10,22H,11-12H2,1H3. The Morgan fingerprint density at radius 1 is 1.14 bits per heavy atom. The third-order valence-corrected chi connectivity index (χ3v) is 4.15. The number of rotatable bonds is 6. The normalized spacial score (nSPS) is 13.3. The van der Waals surface area contributed by atoms with Crippen molar-refractivity contribution in [3.05, 3.63) is 77.5 Å². The smallest absolute Gasteiger partial charge is 0.347 e. The van der Waals surface area contributed by atoms with Gasteiger partial charge in [-0.25, -0.2) is 4.79 Å². The van der Waals surface area contributed by atoms with Crippen LogP contribution in [0.2, 0.25) is 0 Å². The van der Waals surface area contributed by atoms with Gasteiger partial charge in [0.2, 0.25) is 17.6 Å². The Balaban J connectivity index is 1.45. The second-order valence-electron chi connectivity index (χ2n) is 6.35. The summed E-state index contributed by atoms with van der Waals surface area (Å²) in [5, 5.41) is 10.8. The number of hydrogen-bond acceptors (Lipinski definition) is 8. The van der Waals surface area contributed by atoms with Crippen molar-refractivity contribution in [1.29, 1.82) is 0 Å². The van der Waals surface area contributed by atoms with Crippen LogP contribution < -0.4 is 5.32 Å². The van der Waals surface area contributed by atoms with E-state index in [4.69, 9.17) is 13.9 Å². The van der Waals surface area contributed by atoms with E-state index < -0.39 is 11.8 Å². The van der Waals surface area contributed by atoms with E-state index in [2.05, 4.69) is 15.5 Å². The van der Waals surface area contributed by atoms with E-state index in [0.717, 1.165) is 11.1 Å². The van der Waals surface area contributed by atoms with Gasteiger partial charge in [0.05, 0.1) is 0 Å². The van der Waals surface area contributed by atoms with Crippen LogP contribution in [0.3, 0.4) is 0 Å². The van der Waals surface area contributed by atoms with Crippen LogP contribution in [-0.4, -0.2) is 28.6 Å². The molecule has 0 fully saturated rings. The van der Waals surface area contributed by atoms with Gasteiger partial charge in [-0.15, -0.1) is 10.2 Å². The number of nitrogens with one attached hydrogen (secondary N) is 1. The zero-order chi connectivity index (χ0) is 20.2. The van der Waals surface area contributed by atoms with Gasteiger partial charge in [0.15, 0.2) is 18.8 Å². The molecule has 3 aromatic rings. The van der Waals surface area contributed by atoms with Gasteiger partial charge in [0, 0.05) is 11.3 Å². The fourth-order valence-corrected chi connectivity index (χ4v) is 2.77. The lowest BCUT2D eigenvalue weighted by atomic mass is 10.1. The van der Waals surface area contributed by atoms with Gasteiger partial charge in [0.25, 0.3) is 5.89 Å². The summed E-state index contributed by atoms with van der Waals surface area (Å²) in [6.07, 6.45) is 0. The molecule has 1 aliphatic heterocycles. The SMILES string of the molecule is Cc1cccc(-c2nnc(COC(=O)C3=C(Nc4ccccc4)OCC3=O)o2)c1. The van der Waals surface area contributed by atoms with Crippen LogP contribution in [0.1, 0.15) is 11.5 Å². The van der Waals surface area contributed by atoms with Gasteiger partial charge in [0.1, 0.15) is 0 Å². The molecule has 29 heavy (non-hydrogen) atoms. The maximum Gasteiger partial charge on any atom is 0.347 e. The number of ketones is 1. The third kappa shape index (κ3) is 4.16. The van der Waals surface area contributed by atoms with Crippen molar-refractivity contribution in [3.63, 3.8) is 0 Å². The quantitative estimate of drug-likeness (QED) is 0.505. The van der Waals surface area contributed by atoms with Crippen molar-refractivity contribution >= 4 is 17.4 Å². The number of aryl methyl sites for hydroxylation is 1. The zero-order valence-electron chi connectivity index (χ0n) is 15.5. The molecule has 0 aliphatic carbocycles. The summed E-state index contributed by atoms with van der Waals surface area (Å²) in [5.41, 5.74) is 2.33. The average molecular weight is 391 g/mol. The Hall–Kier alpha value is -3.94. The van der Waals surface area contributed by atoms with Crippen molar-refractivity contribution in [2.75, 3.05) is 11.9 Å². The van der Waals surface area contributed by atoms with Crippen LogP contribution in [-0.2, 0) is 25.7 Å². The van der Waals surface area contributed by atoms with E-state index in [9.17, 15) is 9.59 Å². The predicted octanol–water partition coefficient (Wildman–Crippen LogP) is 3.01. The molecule has 146 valence electrons. The lowest BCUT2D eigenvalue weighted by Gasteiger charge is -2.08. The Morgan fingerprint density at radius 2 is 1.97 bits per heavy atom. The Morgan fingerprint density at radius 3 is 2.76 bits per heavy atom. The van der Waals surface area contributed by atoms with Crippen LogP contribution in [0.15, 0.2) is 70.5 Å². The fraction of sp³-hybridized carbons (Fsp3) is 0.143. The molecule has 1 aliphatic rings. The van der Waals surface area contributed by atoms with E-state index in [1.165, 1.54) is 0 Å². The summed E-state index contributed by atoms with van der Waals surface area (Å²) in [4.78, 5) is 24.5. The van der Waals surface area contributed by atoms with E-state index >= 15 is 0 Å². The van der Waals surface area contributed by atoms with Crippen LogP contribution in [0.5, 0.6) is 0 Å². The first-order valence-corrected chi connectivity index (χ1v) is 8.89. The molecule has 2 aromatic carbocycles. The molecule has 2 heterocycles. The Kier molecular flexibility index (Phi) is 5.07. The molecule has 0 radical (unpaired) electrons. The topological polar surface area (TPSA) is 104 Å². The second kappa shape index (κ2) is 7.97. The number of nitrogens with zero attached hydrogens (tertiary/aromatic N) is 2. The molecule has 8 heteroatoms. The summed E-state index contributed by atoms with van der Waals surface area (Å²) in [6.45, 7) is 1.47. The van der Waals surface area contributed by atoms with Gasteiger partial charge in [-0.05, 0) is 31.2 Å². The minimum absolute atomic E-state index is 0.0668. The van der Waals surface area contributed by atoms with Crippen molar-refractivity contribution < 1.29 is 23.5 Å². The summed E-state index contributed by atoms with van der Waals surface area (Å²) >= 11 is 0. The molecule has 4 rings (SSSR count). The molecule has 0 amide bonds. The highest BCUT2D eigenvalue weighted by molar-refractivity contribution is 6.19. The summed E-state index contributed by atoms with van der Waals surface area (Å²) in [5.74, 6) is -0.761. The van der Waals surface area contributed by atoms with E-state index in [1.807, 2.05) is 49.4 Å². The first-order chi connectivity index (χ1) is 14.1. The first-order valence-electron chi connectivity index (χ1n) is 8.89. The van der Waals surface area contributed by atoms with Gasteiger partial charge < -0.3 is 19.2 Å². The number of ether oxygens (including phenoxy) is 2. The summed E-state index contributed by atoms with van der Waals surface area (Å²) < 4.78 is 16.0. The third-order valence-electron chi connectivity index (χ3n) is 4.15. The number of benzene rings is 2. The molecule has 0 bridgehead atoms. The molecule has 0 saturated heterocycles. The van der Waals surface area contributed by atoms with Crippen LogP contribution in [0.4, 0.5) is 5.69 Å². The number of Topliss-reactive ketones (excluding diaryl/α,β-unsaturated/α-hetero) is 1. The number of esters is 1. The molecule has 8 nitrogen and oxygen atoms in total. The average Bonchev–Trinajstić information content (AvgIpc) is 3.34. The van der Waals surface area contributed by atoms with Gasteiger partial charge in [-0.3, -0.25) is 4.79 Å². The number of carbonyl (C=O) groups is 2. The zero-order valence-corrected chi connectivity index (χ0v) is 15.5. The largest absolute Gasteiger partial charge is 0.470 e. The maximum absolute atomic E-state index is 12.4. The minimum atomic E-state index is -0.818. The molecular weight excluding hydrogens is 374 g/mol. The molecule has 0 saturated carbocycles. The van der Waals surface area contributed by atoms with Crippen molar-refractivity contribution in [3.8, 4) is 11.5 Å². The predicted molar refractivity (Wildman–Crippen MR) is 102 cm³/mol. The van der Waals surface area contributed by atoms with Crippen LogP contribution in [0.25, 0.3) is 11.5 Å². The van der Waals surface area contributed by atoms with Crippen molar-refractivity contribution in [2.45, 2.75) is 13.5 Å². The lowest BCUT2D eigenvalue weighted by molar-refractivity contribution is -0.142. The number of anilines is 1. The highest BCUT2D eigenvalue weighted by Crippen LogP contribution is 2.22. The lowest BCUT2D eigenvalue weighted by Crippen LogP contribution is -2.16. The monoisotopic (exact) mass is 391 g/mol. The second-order valence-corrected chi connectivity index (χ2v) is 6.35. The van der Waals surface area contributed by atoms with E-state index in [0.29, 0.717) is 11.6 Å². The number of para-hydroxylation sites is 1. The van der Waals surface area contributed by atoms with Crippen molar-refractivity contribution in [1.82, 2.24) is 10.2 Å². The first kappa shape index (κ1) is 18.4. The van der Waals surface area contributed by atoms with Crippen LogP contribution >= 0.6 is 0 Å². The van der Waals surface area contributed by atoms with Gasteiger partial charge in [-0.2, -0.15) is 0 Å². The maximum atomic E-state index is 12.4. The van der Waals surface area contributed by atoms with E-state index in [1.54, 1.807) is 12.1 Å². The summed E-state index contributed by atoms with van der Waals surface area (Å²) in [7, 11) is 0. The molecule has 1 aromatic heterocycles. The molecule has 1 N–H and O–H groups in total. The number of aromatic nitrogens is 2. The minimum Gasteiger partial charge on any atom is -0.470 e. The Bertz CT molecular complexity index is 1090. The molecule has 0 unspecified atom stereocenters. The number of carbonyl (C=O) groups excluding carboxylic acids is 2. The van der Waals surface area contributed by atoms with Crippen molar-refractivity contribution in [2.24, 2.45) is 0 Å². The summed E-state index contributed by atoms with van der Waals surface area (Å²) in [6, 6.07) is 16.6. The molecule has 0 spiro atoms.